The smallest absolute Gasteiger partial charge is 0.410 e. The van der Waals surface area contributed by atoms with Crippen molar-refractivity contribution in [2.45, 2.75) is 46.1 Å². The minimum Gasteiger partial charge on any atom is -0.482 e. The van der Waals surface area contributed by atoms with Gasteiger partial charge in [-0.3, -0.25) is 14.5 Å². The zero-order chi connectivity index (χ0) is 19.8. The first-order valence-electron chi connectivity index (χ1n) is 9.20. The molecule has 7 heteroatoms. The molecule has 0 bridgehead atoms. The van der Waals surface area contributed by atoms with Gasteiger partial charge in [0.25, 0.3) is 5.91 Å². The largest absolute Gasteiger partial charge is 0.482 e. The molecule has 1 aromatic rings. The Morgan fingerprint density at radius 2 is 1.78 bits per heavy atom. The fourth-order valence-corrected chi connectivity index (χ4v) is 3.33. The third-order valence-corrected chi connectivity index (χ3v) is 4.56. The first kappa shape index (κ1) is 19.2. The molecule has 0 fully saturated rings. The molecule has 7 nitrogen and oxygen atoms in total. The van der Waals surface area contributed by atoms with Gasteiger partial charge >= 0.3 is 6.09 Å². The van der Waals surface area contributed by atoms with Gasteiger partial charge in [0, 0.05) is 13.1 Å². The fraction of sp³-hybridized carbons (Fsp3) is 0.550. The molecule has 2 aliphatic rings. The molecule has 0 unspecified atom stereocenters. The van der Waals surface area contributed by atoms with Crippen molar-refractivity contribution >= 4 is 23.5 Å². The van der Waals surface area contributed by atoms with Crippen LogP contribution >= 0.6 is 0 Å². The van der Waals surface area contributed by atoms with E-state index in [1.807, 2.05) is 32.9 Å². The molecule has 0 spiro atoms. The lowest BCUT2D eigenvalue weighted by atomic mass is 10.0. The summed E-state index contributed by atoms with van der Waals surface area (Å²) >= 11 is 0. The topological polar surface area (TPSA) is 76.2 Å². The molecule has 27 heavy (non-hydrogen) atoms. The van der Waals surface area contributed by atoms with Gasteiger partial charge in [-0.15, -0.1) is 0 Å². The number of hydrogen-bond donors (Lipinski definition) is 0. The maximum absolute atomic E-state index is 12.4. The van der Waals surface area contributed by atoms with Crippen molar-refractivity contribution in [1.29, 1.82) is 0 Å². The van der Waals surface area contributed by atoms with E-state index in [4.69, 9.17) is 9.47 Å². The summed E-state index contributed by atoms with van der Waals surface area (Å²) in [5, 5.41) is 0. The van der Waals surface area contributed by atoms with Gasteiger partial charge in [-0.2, -0.15) is 0 Å². The summed E-state index contributed by atoms with van der Waals surface area (Å²) in [6, 6.07) is 3.85. The maximum Gasteiger partial charge on any atom is 0.410 e. The van der Waals surface area contributed by atoms with Crippen LogP contribution in [0.1, 0.15) is 38.8 Å². The van der Waals surface area contributed by atoms with Crippen LogP contribution in [-0.4, -0.2) is 54.5 Å². The van der Waals surface area contributed by atoms with Gasteiger partial charge in [-0.05, 0) is 63.8 Å². The molecule has 2 amide bonds. The van der Waals surface area contributed by atoms with E-state index in [0.717, 1.165) is 11.1 Å². The van der Waals surface area contributed by atoms with E-state index in [-0.39, 0.29) is 30.9 Å². The number of hydrogen-bond acceptors (Lipinski definition) is 5. The molecule has 0 atom stereocenters. The van der Waals surface area contributed by atoms with Gasteiger partial charge in [0.1, 0.15) is 17.1 Å². The summed E-state index contributed by atoms with van der Waals surface area (Å²) in [5.74, 6) is 0.309. The Morgan fingerprint density at radius 3 is 2.37 bits per heavy atom. The number of amides is 2. The monoisotopic (exact) mass is 374 g/mol. The van der Waals surface area contributed by atoms with Crippen LogP contribution in [-0.2, 0) is 27.2 Å². The number of benzene rings is 1. The first-order chi connectivity index (χ1) is 12.6. The minimum absolute atomic E-state index is 0.0397. The van der Waals surface area contributed by atoms with Gasteiger partial charge in [0.2, 0.25) is 0 Å². The number of rotatable bonds is 2. The highest BCUT2D eigenvalue weighted by Crippen LogP contribution is 2.36. The molecule has 0 saturated carbocycles. The Balaban J connectivity index is 1.82. The highest BCUT2D eigenvalue weighted by Gasteiger charge is 2.29. The molecule has 2 aliphatic heterocycles. The Labute approximate surface area is 159 Å². The average Bonchev–Trinajstić information content (AvgIpc) is 2.76. The summed E-state index contributed by atoms with van der Waals surface area (Å²) in [4.78, 5) is 39.3. The number of ether oxygens (including phenoxy) is 2. The van der Waals surface area contributed by atoms with Gasteiger partial charge in [-0.1, -0.05) is 0 Å². The van der Waals surface area contributed by atoms with Crippen molar-refractivity contribution in [1.82, 2.24) is 4.90 Å². The standard InChI is InChI=1S/C20H26N2O5/c1-13(23)11-22-16-9-14-5-7-21(19(25)27-20(2,3)4)8-6-15(14)10-17(16)26-12-18(22)24/h9-10H,5-8,11-12H2,1-4H3. The lowest BCUT2D eigenvalue weighted by Crippen LogP contribution is -2.41. The molecule has 1 aromatic carbocycles. The van der Waals surface area contributed by atoms with Gasteiger partial charge < -0.3 is 14.4 Å². The Hall–Kier alpha value is -2.57. The summed E-state index contributed by atoms with van der Waals surface area (Å²) in [6.45, 7) is 8.10. The van der Waals surface area contributed by atoms with Gasteiger partial charge in [0.15, 0.2) is 6.61 Å². The second-order valence-corrected chi connectivity index (χ2v) is 8.03. The molecule has 2 heterocycles. The highest BCUT2D eigenvalue weighted by atomic mass is 16.6. The van der Waals surface area contributed by atoms with E-state index in [1.54, 1.807) is 4.90 Å². The van der Waals surface area contributed by atoms with Gasteiger partial charge in [0.05, 0.1) is 12.2 Å². The predicted octanol–water partition coefficient (Wildman–Crippen LogP) is 2.34. The van der Waals surface area contributed by atoms with E-state index in [9.17, 15) is 14.4 Å². The number of nitrogens with zero attached hydrogens (tertiary/aromatic N) is 2. The second-order valence-electron chi connectivity index (χ2n) is 8.03. The zero-order valence-electron chi connectivity index (χ0n) is 16.3. The highest BCUT2D eigenvalue weighted by molar-refractivity contribution is 6.02. The number of Topliss-reactive ketones (excluding diaryl/α,β-unsaturated/α-hetero) is 1. The quantitative estimate of drug-likeness (QED) is 0.794. The fourth-order valence-electron chi connectivity index (χ4n) is 3.33. The van der Waals surface area contributed by atoms with Crippen LogP contribution in [0.4, 0.5) is 10.5 Å². The third-order valence-electron chi connectivity index (χ3n) is 4.56. The molecule has 3 rings (SSSR count). The van der Waals surface area contributed by atoms with E-state index in [2.05, 4.69) is 0 Å². The van der Waals surface area contributed by atoms with Crippen LogP contribution in [0.3, 0.4) is 0 Å². The van der Waals surface area contributed by atoms with Gasteiger partial charge in [-0.25, -0.2) is 4.79 Å². The third kappa shape index (κ3) is 4.40. The maximum atomic E-state index is 12.4. The van der Waals surface area contributed by atoms with E-state index in [1.165, 1.54) is 11.8 Å². The SMILES string of the molecule is CC(=O)CN1C(=O)COc2cc3c(cc21)CCN(C(=O)OC(C)(C)C)CC3. The molecule has 0 saturated heterocycles. The lowest BCUT2D eigenvalue weighted by Gasteiger charge is -2.29. The minimum atomic E-state index is -0.531. The number of ketones is 1. The Bertz CT molecular complexity index is 781. The van der Waals surface area contributed by atoms with Crippen LogP contribution in [0.2, 0.25) is 0 Å². The second kappa shape index (κ2) is 7.21. The summed E-state index contributed by atoms with van der Waals surface area (Å²) in [6.07, 6.45) is 1.03. The Morgan fingerprint density at radius 1 is 1.15 bits per heavy atom. The molecule has 0 aromatic heterocycles. The molecule has 0 aliphatic carbocycles. The summed E-state index contributed by atoms with van der Waals surface area (Å²) in [7, 11) is 0. The normalized spacial score (nSPS) is 16.8. The lowest BCUT2D eigenvalue weighted by molar-refractivity contribution is -0.123. The molecule has 0 N–H and O–H groups in total. The Kier molecular flexibility index (Phi) is 5.13. The predicted molar refractivity (Wildman–Crippen MR) is 100 cm³/mol. The van der Waals surface area contributed by atoms with Crippen molar-refractivity contribution in [2.75, 3.05) is 31.1 Å². The molecular weight excluding hydrogens is 348 g/mol. The molecule has 0 radical (unpaired) electrons. The van der Waals surface area contributed by atoms with Crippen molar-refractivity contribution in [3.05, 3.63) is 23.3 Å². The number of carbonyl (C=O) groups excluding carboxylic acids is 3. The van der Waals surface area contributed by atoms with Crippen LogP contribution in [0.15, 0.2) is 12.1 Å². The van der Waals surface area contributed by atoms with Crippen molar-refractivity contribution in [3.63, 3.8) is 0 Å². The van der Waals surface area contributed by atoms with E-state index in [0.29, 0.717) is 37.4 Å². The summed E-state index contributed by atoms with van der Waals surface area (Å²) in [5.41, 5.74) is 2.26. The van der Waals surface area contributed by atoms with Crippen LogP contribution in [0, 0.1) is 0 Å². The number of anilines is 1. The van der Waals surface area contributed by atoms with Crippen LogP contribution in [0.25, 0.3) is 0 Å². The summed E-state index contributed by atoms with van der Waals surface area (Å²) < 4.78 is 11.1. The van der Waals surface area contributed by atoms with E-state index >= 15 is 0 Å². The van der Waals surface area contributed by atoms with Crippen molar-refractivity contribution in [2.24, 2.45) is 0 Å². The van der Waals surface area contributed by atoms with Crippen molar-refractivity contribution < 1.29 is 23.9 Å². The van der Waals surface area contributed by atoms with Crippen LogP contribution < -0.4 is 9.64 Å². The van der Waals surface area contributed by atoms with E-state index < -0.39 is 5.60 Å². The molecule has 146 valence electrons. The number of fused-ring (bicyclic) bond motifs is 2. The van der Waals surface area contributed by atoms with Crippen LogP contribution in [0.5, 0.6) is 5.75 Å². The molecular formula is C20H26N2O5. The first-order valence-corrected chi connectivity index (χ1v) is 9.20. The van der Waals surface area contributed by atoms with Crippen molar-refractivity contribution in [3.8, 4) is 5.75 Å². The average molecular weight is 374 g/mol. The zero-order valence-corrected chi connectivity index (χ0v) is 16.3. The number of carbonyl (C=O) groups is 3.